The summed E-state index contributed by atoms with van der Waals surface area (Å²) >= 11 is 0. The molecule has 1 saturated heterocycles. The van der Waals surface area contributed by atoms with Gasteiger partial charge in [0.05, 0.1) is 10.5 Å². The number of hydrogen-bond acceptors (Lipinski definition) is 6. The van der Waals surface area contributed by atoms with Crippen molar-refractivity contribution in [2.45, 2.75) is 26.7 Å². The molecule has 1 aliphatic heterocycles. The summed E-state index contributed by atoms with van der Waals surface area (Å²) in [5.41, 5.74) is 5.33. The number of carbonyl (C=O) groups excluding carboxylic acids is 2. The van der Waals surface area contributed by atoms with Crippen LogP contribution in [0.5, 0.6) is 0 Å². The first-order chi connectivity index (χ1) is 12.9. The highest BCUT2D eigenvalue weighted by Crippen LogP contribution is 2.31. The van der Waals surface area contributed by atoms with Crippen molar-refractivity contribution in [3.63, 3.8) is 0 Å². The first-order valence-corrected chi connectivity index (χ1v) is 8.58. The maximum atomic E-state index is 12.3. The smallest absolute Gasteiger partial charge is 0.293 e. The first kappa shape index (κ1) is 18.4. The highest BCUT2D eigenvalue weighted by Gasteiger charge is 2.24. The van der Waals surface area contributed by atoms with Gasteiger partial charge >= 0.3 is 0 Å². The van der Waals surface area contributed by atoms with Crippen LogP contribution in [0.15, 0.2) is 28.7 Å². The van der Waals surface area contributed by atoms with Gasteiger partial charge in [0.2, 0.25) is 0 Å². The van der Waals surface area contributed by atoms with Gasteiger partial charge in [0, 0.05) is 24.7 Å². The summed E-state index contributed by atoms with van der Waals surface area (Å²) in [6.45, 7) is 4.87. The Bertz CT molecular complexity index is 899. The number of anilines is 1. The van der Waals surface area contributed by atoms with Gasteiger partial charge in [-0.3, -0.25) is 30.6 Å². The van der Waals surface area contributed by atoms with E-state index in [1.165, 1.54) is 12.1 Å². The zero-order valence-electron chi connectivity index (χ0n) is 15.1. The Hall–Kier alpha value is -3.36. The zero-order chi connectivity index (χ0) is 19.6. The van der Waals surface area contributed by atoms with Crippen LogP contribution in [-0.2, 0) is 0 Å². The van der Waals surface area contributed by atoms with E-state index in [-0.39, 0.29) is 11.3 Å². The number of benzene rings is 1. The number of nitrogens with zero attached hydrogens (tertiary/aromatic N) is 2. The second-order valence-corrected chi connectivity index (χ2v) is 6.39. The summed E-state index contributed by atoms with van der Waals surface area (Å²) in [5.74, 6) is -0.153. The van der Waals surface area contributed by atoms with Gasteiger partial charge < -0.3 is 9.32 Å². The minimum atomic E-state index is -0.641. The Morgan fingerprint density at radius 1 is 1.11 bits per heavy atom. The molecule has 2 heterocycles. The number of hydrogen-bond donors (Lipinski definition) is 2. The number of nitrogens with one attached hydrogen (secondary N) is 2. The van der Waals surface area contributed by atoms with Crippen molar-refractivity contribution in [3.05, 3.63) is 57.0 Å². The standard InChI is InChI=1S/C18H20N4O5/c1-11-9-14(12(2)27-11)18(24)20-19-17(23)13-5-6-15(16(10-13)22(25)26)21-7-3-4-8-21/h5-6,9-10H,3-4,7-8H2,1-2H3,(H,19,23)(H,20,24). The number of aryl methyl sites for hydroxylation is 2. The number of nitro benzene ring substituents is 1. The molecule has 0 bridgehead atoms. The molecule has 1 aliphatic rings. The number of amides is 2. The van der Waals surface area contributed by atoms with Gasteiger partial charge in [-0.1, -0.05) is 0 Å². The normalized spacial score (nSPS) is 13.5. The fourth-order valence-electron chi connectivity index (χ4n) is 3.15. The summed E-state index contributed by atoms with van der Waals surface area (Å²) in [6.07, 6.45) is 1.97. The lowest BCUT2D eigenvalue weighted by atomic mass is 10.1. The van der Waals surface area contributed by atoms with E-state index in [1.807, 2.05) is 4.90 Å². The van der Waals surface area contributed by atoms with Crippen LogP contribution in [-0.4, -0.2) is 29.8 Å². The molecule has 0 spiro atoms. The molecule has 27 heavy (non-hydrogen) atoms. The largest absolute Gasteiger partial charge is 0.466 e. The fraction of sp³-hybridized carbons (Fsp3) is 0.333. The van der Waals surface area contributed by atoms with Crippen LogP contribution in [0.4, 0.5) is 11.4 Å². The number of nitro groups is 1. The average Bonchev–Trinajstić information content (AvgIpc) is 3.28. The SMILES string of the molecule is Cc1cc(C(=O)NNC(=O)c2ccc(N3CCCC3)c([N+](=O)[O-])c2)c(C)o1. The molecule has 2 aromatic rings. The summed E-state index contributed by atoms with van der Waals surface area (Å²) < 4.78 is 5.28. The number of hydrazine groups is 1. The van der Waals surface area contributed by atoms with Gasteiger partial charge in [0.25, 0.3) is 17.5 Å². The summed E-state index contributed by atoms with van der Waals surface area (Å²) in [7, 11) is 0. The van der Waals surface area contributed by atoms with Crippen LogP contribution in [0, 0.1) is 24.0 Å². The van der Waals surface area contributed by atoms with E-state index in [0.29, 0.717) is 22.8 Å². The quantitative estimate of drug-likeness (QED) is 0.629. The van der Waals surface area contributed by atoms with Gasteiger partial charge in [-0.2, -0.15) is 0 Å². The molecule has 0 radical (unpaired) electrons. The summed E-state index contributed by atoms with van der Waals surface area (Å²) in [5, 5.41) is 11.4. The molecule has 1 aromatic heterocycles. The lowest BCUT2D eigenvalue weighted by Gasteiger charge is -2.17. The van der Waals surface area contributed by atoms with Crippen molar-refractivity contribution in [1.29, 1.82) is 0 Å². The van der Waals surface area contributed by atoms with E-state index in [0.717, 1.165) is 25.9 Å². The molecule has 0 aliphatic carbocycles. The molecule has 3 rings (SSSR count). The second kappa shape index (κ2) is 7.48. The Labute approximate surface area is 155 Å². The number of carbonyl (C=O) groups is 2. The molecule has 2 N–H and O–H groups in total. The third-order valence-corrected chi connectivity index (χ3v) is 4.46. The Balaban J connectivity index is 1.72. The van der Waals surface area contributed by atoms with Crippen LogP contribution in [0.1, 0.15) is 45.1 Å². The van der Waals surface area contributed by atoms with E-state index >= 15 is 0 Å². The minimum absolute atomic E-state index is 0.0880. The maximum Gasteiger partial charge on any atom is 0.293 e. The van der Waals surface area contributed by atoms with E-state index in [9.17, 15) is 19.7 Å². The molecule has 9 nitrogen and oxygen atoms in total. The zero-order valence-corrected chi connectivity index (χ0v) is 15.1. The molecule has 2 amide bonds. The Morgan fingerprint density at radius 3 is 2.37 bits per heavy atom. The summed E-state index contributed by atoms with van der Waals surface area (Å²) in [6, 6.07) is 5.87. The molecule has 142 valence electrons. The monoisotopic (exact) mass is 372 g/mol. The number of rotatable bonds is 4. The average molecular weight is 372 g/mol. The minimum Gasteiger partial charge on any atom is -0.466 e. The van der Waals surface area contributed by atoms with Crippen LogP contribution in [0.3, 0.4) is 0 Å². The van der Waals surface area contributed by atoms with Crippen molar-refractivity contribution >= 4 is 23.2 Å². The van der Waals surface area contributed by atoms with Gasteiger partial charge in [0.15, 0.2) is 0 Å². The molecular weight excluding hydrogens is 352 g/mol. The lowest BCUT2D eigenvalue weighted by molar-refractivity contribution is -0.384. The fourth-order valence-corrected chi connectivity index (χ4v) is 3.15. The van der Waals surface area contributed by atoms with Gasteiger partial charge in [-0.15, -0.1) is 0 Å². The van der Waals surface area contributed by atoms with Crippen molar-refractivity contribution in [1.82, 2.24) is 10.9 Å². The van der Waals surface area contributed by atoms with Crippen molar-refractivity contribution in [2.24, 2.45) is 0 Å². The topological polar surface area (TPSA) is 118 Å². The molecule has 0 unspecified atom stereocenters. The van der Waals surface area contributed by atoms with E-state index in [4.69, 9.17) is 4.42 Å². The lowest BCUT2D eigenvalue weighted by Crippen LogP contribution is -2.41. The van der Waals surface area contributed by atoms with Gasteiger partial charge in [-0.05, 0) is 44.9 Å². The predicted molar refractivity (Wildman–Crippen MR) is 97.7 cm³/mol. The van der Waals surface area contributed by atoms with Crippen LogP contribution in [0.25, 0.3) is 0 Å². The molecule has 0 saturated carbocycles. The second-order valence-electron chi connectivity index (χ2n) is 6.39. The van der Waals surface area contributed by atoms with Gasteiger partial charge in [-0.25, -0.2) is 0 Å². The van der Waals surface area contributed by atoms with Crippen molar-refractivity contribution in [2.75, 3.05) is 18.0 Å². The Morgan fingerprint density at radius 2 is 1.78 bits per heavy atom. The molecule has 1 aromatic carbocycles. The van der Waals surface area contributed by atoms with E-state index < -0.39 is 16.7 Å². The van der Waals surface area contributed by atoms with E-state index in [2.05, 4.69) is 10.9 Å². The van der Waals surface area contributed by atoms with Crippen LogP contribution in [0.2, 0.25) is 0 Å². The molecular formula is C18H20N4O5. The molecule has 9 heteroatoms. The third-order valence-electron chi connectivity index (χ3n) is 4.46. The third kappa shape index (κ3) is 3.91. The van der Waals surface area contributed by atoms with Crippen molar-refractivity contribution < 1.29 is 18.9 Å². The highest BCUT2D eigenvalue weighted by atomic mass is 16.6. The van der Waals surface area contributed by atoms with Crippen molar-refractivity contribution in [3.8, 4) is 0 Å². The van der Waals surface area contributed by atoms with Gasteiger partial charge in [0.1, 0.15) is 17.2 Å². The van der Waals surface area contributed by atoms with Crippen LogP contribution >= 0.6 is 0 Å². The van der Waals surface area contributed by atoms with E-state index in [1.54, 1.807) is 26.0 Å². The first-order valence-electron chi connectivity index (χ1n) is 8.58. The summed E-state index contributed by atoms with van der Waals surface area (Å²) in [4.78, 5) is 37.3. The maximum absolute atomic E-state index is 12.3. The Kier molecular flexibility index (Phi) is 5.11. The molecule has 1 fully saturated rings. The van der Waals surface area contributed by atoms with Crippen LogP contribution < -0.4 is 15.8 Å². The number of furan rings is 1. The predicted octanol–water partition coefficient (Wildman–Crippen LogP) is 2.48. The highest BCUT2D eigenvalue weighted by molar-refractivity contribution is 6.00. The molecule has 0 atom stereocenters.